The average Bonchev–Trinajstić information content (AvgIpc) is 2.53. The van der Waals surface area contributed by atoms with E-state index in [4.69, 9.17) is 4.42 Å². The minimum absolute atomic E-state index is 0.388. The summed E-state index contributed by atoms with van der Waals surface area (Å²) in [5.74, 6) is 1.83. The summed E-state index contributed by atoms with van der Waals surface area (Å²) in [5.41, 5.74) is 0. The molecule has 0 aliphatic heterocycles. The fourth-order valence-corrected chi connectivity index (χ4v) is 2.32. The van der Waals surface area contributed by atoms with Crippen LogP contribution >= 0.6 is 15.9 Å². The topological polar surface area (TPSA) is 30.2 Å². The van der Waals surface area contributed by atoms with Gasteiger partial charge in [0.05, 0.1) is 10.7 Å². The number of carbonyl (C=O) groups excluding carboxylic acids is 1. The Balaban J connectivity index is 2.10. The molecule has 0 unspecified atom stereocenters. The van der Waals surface area contributed by atoms with Gasteiger partial charge in [0.2, 0.25) is 0 Å². The van der Waals surface area contributed by atoms with E-state index < -0.39 is 0 Å². The Morgan fingerprint density at radius 3 is 2.62 bits per heavy atom. The molecule has 0 saturated heterocycles. The molecule has 0 bridgehead atoms. The molecule has 0 spiro atoms. The first-order valence-electron chi connectivity index (χ1n) is 4.52. The second-order valence-electron chi connectivity index (χ2n) is 3.45. The molecule has 13 heavy (non-hydrogen) atoms. The van der Waals surface area contributed by atoms with Crippen molar-refractivity contribution in [3.63, 3.8) is 0 Å². The number of carbonyl (C=O) groups is 1. The molecule has 0 radical (unpaired) electrons. The van der Waals surface area contributed by atoms with Gasteiger partial charge in [-0.25, -0.2) is 0 Å². The summed E-state index contributed by atoms with van der Waals surface area (Å²) in [6.07, 6.45) is 4.97. The molecular weight excluding hydrogens is 232 g/mol. The zero-order valence-corrected chi connectivity index (χ0v) is 8.84. The van der Waals surface area contributed by atoms with Crippen molar-refractivity contribution in [2.45, 2.75) is 31.6 Å². The zero-order chi connectivity index (χ0) is 9.26. The van der Waals surface area contributed by atoms with Crippen LogP contribution in [-0.2, 0) is 4.79 Å². The number of hydrogen-bond acceptors (Lipinski definition) is 2. The lowest BCUT2D eigenvalue weighted by Crippen LogP contribution is -2.12. The fourth-order valence-electron chi connectivity index (χ4n) is 1.80. The summed E-state index contributed by atoms with van der Waals surface area (Å²) in [6, 6.07) is 1.91. The predicted octanol–water partition coefficient (Wildman–Crippen LogP) is 3.27. The van der Waals surface area contributed by atoms with Gasteiger partial charge in [0.1, 0.15) is 11.5 Å². The van der Waals surface area contributed by atoms with E-state index >= 15 is 0 Å². The van der Waals surface area contributed by atoms with Crippen molar-refractivity contribution in [2.24, 2.45) is 0 Å². The molecule has 1 aromatic rings. The zero-order valence-electron chi connectivity index (χ0n) is 7.25. The Morgan fingerprint density at radius 1 is 1.38 bits per heavy atom. The van der Waals surface area contributed by atoms with Crippen molar-refractivity contribution in [1.82, 2.24) is 0 Å². The first-order valence-corrected chi connectivity index (χ1v) is 5.31. The number of halogens is 1. The Morgan fingerprint density at radius 2 is 2.08 bits per heavy atom. The van der Waals surface area contributed by atoms with Crippen molar-refractivity contribution in [3.05, 3.63) is 22.6 Å². The molecule has 0 aromatic carbocycles. The van der Waals surface area contributed by atoms with Crippen LogP contribution in [0.1, 0.15) is 37.4 Å². The van der Waals surface area contributed by atoms with E-state index in [1.165, 1.54) is 0 Å². The average molecular weight is 243 g/mol. The van der Waals surface area contributed by atoms with Crippen LogP contribution in [0.3, 0.4) is 0 Å². The largest absolute Gasteiger partial charge is 0.468 e. The molecule has 1 heterocycles. The van der Waals surface area contributed by atoms with Crippen LogP contribution in [0.5, 0.6) is 0 Å². The van der Waals surface area contributed by atoms with Gasteiger partial charge in [0.25, 0.3) is 0 Å². The van der Waals surface area contributed by atoms with Gasteiger partial charge >= 0.3 is 0 Å². The van der Waals surface area contributed by atoms with Crippen molar-refractivity contribution in [2.75, 3.05) is 0 Å². The highest BCUT2D eigenvalue weighted by Crippen LogP contribution is 2.35. The highest BCUT2D eigenvalue weighted by atomic mass is 79.9. The molecule has 0 amide bonds. The maximum Gasteiger partial charge on any atom is 0.132 e. The van der Waals surface area contributed by atoms with Gasteiger partial charge in [-0.2, -0.15) is 0 Å². The van der Waals surface area contributed by atoms with E-state index in [0.717, 1.165) is 23.1 Å². The molecule has 2 nitrogen and oxygen atoms in total. The van der Waals surface area contributed by atoms with E-state index in [9.17, 15) is 4.79 Å². The maximum atomic E-state index is 11.0. The van der Waals surface area contributed by atoms with Crippen molar-refractivity contribution >= 4 is 21.7 Å². The van der Waals surface area contributed by atoms with E-state index in [-0.39, 0.29) is 0 Å². The van der Waals surface area contributed by atoms with E-state index in [0.29, 0.717) is 24.5 Å². The Labute approximate surface area is 85.4 Å². The SMILES string of the molecule is O=C1CCC(c2occc2Br)CC1. The highest BCUT2D eigenvalue weighted by molar-refractivity contribution is 9.10. The molecule has 1 aromatic heterocycles. The maximum absolute atomic E-state index is 11.0. The number of ketones is 1. The number of rotatable bonds is 1. The summed E-state index contributed by atoms with van der Waals surface area (Å²) < 4.78 is 6.41. The predicted molar refractivity (Wildman–Crippen MR) is 52.6 cm³/mol. The number of furan rings is 1. The molecule has 70 valence electrons. The summed E-state index contributed by atoms with van der Waals surface area (Å²) in [4.78, 5) is 11.0. The highest BCUT2D eigenvalue weighted by Gasteiger charge is 2.23. The fraction of sp³-hybridized carbons (Fsp3) is 0.500. The van der Waals surface area contributed by atoms with Crippen LogP contribution in [0, 0.1) is 0 Å². The lowest BCUT2D eigenvalue weighted by molar-refractivity contribution is -0.120. The van der Waals surface area contributed by atoms with Crippen LogP contribution < -0.4 is 0 Å². The van der Waals surface area contributed by atoms with Gasteiger partial charge in [-0.15, -0.1) is 0 Å². The monoisotopic (exact) mass is 242 g/mol. The minimum atomic E-state index is 0.388. The second-order valence-corrected chi connectivity index (χ2v) is 4.30. The summed E-state index contributed by atoms with van der Waals surface area (Å²) in [7, 11) is 0. The van der Waals surface area contributed by atoms with Gasteiger partial charge in [0.15, 0.2) is 0 Å². The van der Waals surface area contributed by atoms with E-state index in [2.05, 4.69) is 15.9 Å². The second kappa shape index (κ2) is 3.66. The third kappa shape index (κ3) is 1.85. The third-order valence-corrected chi connectivity index (χ3v) is 3.21. The van der Waals surface area contributed by atoms with Gasteiger partial charge < -0.3 is 4.42 Å². The lowest BCUT2D eigenvalue weighted by atomic mass is 9.87. The van der Waals surface area contributed by atoms with Crippen LogP contribution in [0.15, 0.2) is 21.2 Å². The smallest absolute Gasteiger partial charge is 0.132 e. The first-order chi connectivity index (χ1) is 6.27. The molecule has 2 rings (SSSR count). The van der Waals surface area contributed by atoms with Crippen LogP contribution in [-0.4, -0.2) is 5.78 Å². The molecule has 1 aliphatic carbocycles. The van der Waals surface area contributed by atoms with Gasteiger partial charge in [0, 0.05) is 18.8 Å². The van der Waals surface area contributed by atoms with Crippen molar-refractivity contribution < 1.29 is 9.21 Å². The molecule has 1 aliphatic rings. The molecular formula is C10H11BrO2. The summed E-state index contributed by atoms with van der Waals surface area (Å²) in [5, 5.41) is 0. The number of hydrogen-bond donors (Lipinski definition) is 0. The van der Waals surface area contributed by atoms with Crippen LogP contribution in [0.4, 0.5) is 0 Å². The summed E-state index contributed by atoms with van der Waals surface area (Å²) in [6.45, 7) is 0. The van der Waals surface area contributed by atoms with Gasteiger partial charge in [-0.3, -0.25) is 4.79 Å². The van der Waals surface area contributed by atoms with Crippen LogP contribution in [0.2, 0.25) is 0 Å². The summed E-state index contributed by atoms with van der Waals surface area (Å²) >= 11 is 3.44. The Bertz CT molecular complexity index is 306. The molecule has 0 atom stereocenters. The Kier molecular flexibility index (Phi) is 2.54. The standard InChI is InChI=1S/C10H11BrO2/c11-9-5-6-13-10(9)7-1-3-8(12)4-2-7/h5-7H,1-4H2. The Hall–Kier alpha value is -0.570. The van der Waals surface area contributed by atoms with Gasteiger partial charge in [-0.05, 0) is 34.8 Å². The lowest BCUT2D eigenvalue weighted by Gasteiger charge is -2.18. The molecule has 1 saturated carbocycles. The normalized spacial score (nSPS) is 19.3. The first kappa shape index (κ1) is 9.00. The van der Waals surface area contributed by atoms with Crippen LogP contribution in [0.25, 0.3) is 0 Å². The van der Waals surface area contributed by atoms with E-state index in [1.54, 1.807) is 6.26 Å². The van der Waals surface area contributed by atoms with E-state index in [1.807, 2.05) is 6.07 Å². The minimum Gasteiger partial charge on any atom is -0.468 e. The molecule has 0 N–H and O–H groups in total. The van der Waals surface area contributed by atoms with Crippen molar-refractivity contribution in [1.29, 1.82) is 0 Å². The van der Waals surface area contributed by atoms with Crippen molar-refractivity contribution in [3.8, 4) is 0 Å². The molecule has 3 heteroatoms. The van der Waals surface area contributed by atoms with Gasteiger partial charge in [-0.1, -0.05) is 0 Å². The number of Topliss-reactive ketones (excluding diaryl/α,β-unsaturated/α-hetero) is 1. The quantitative estimate of drug-likeness (QED) is 0.757. The molecule has 1 fully saturated rings. The third-order valence-electron chi connectivity index (χ3n) is 2.56.